The molecule has 0 saturated heterocycles. The van der Waals surface area contributed by atoms with Crippen molar-refractivity contribution in [3.63, 3.8) is 0 Å². The maximum atomic E-state index is 13.0. The molecule has 8 nitrogen and oxygen atoms in total. The van der Waals surface area contributed by atoms with Crippen LogP contribution < -0.4 is 5.32 Å². The fourth-order valence-electron chi connectivity index (χ4n) is 5.02. The summed E-state index contributed by atoms with van der Waals surface area (Å²) < 4.78 is 7.47. The zero-order valence-corrected chi connectivity index (χ0v) is 19.6. The van der Waals surface area contributed by atoms with E-state index in [1.807, 2.05) is 25.1 Å². The standard InChI is InChI=1S/C25H29N5O3/c1-13-9-15(3)22(16(4)10-13)33-25(32)19-12-30-24(21(19)26-6)28-23(29-30)18-8-7-14(2)20(11-18)27-17(5)31/h7-8,11-13,15-16,22H,9-10H2,1-5H3,(H,27,31)(H,28,29). The van der Waals surface area contributed by atoms with E-state index in [4.69, 9.17) is 11.3 Å². The molecule has 2 heterocycles. The van der Waals surface area contributed by atoms with Gasteiger partial charge in [-0.2, -0.15) is 0 Å². The lowest BCUT2D eigenvalue weighted by Crippen LogP contribution is -2.37. The minimum absolute atomic E-state index is 0.155. The number of aromatic nitrogens is 3. The number of nitrogens with one attached hydrogen (secondary N) is 2. The summed E-state index contributed by atoms with van der Waals surface area (Å²) in [7, 11) is 0. The van der Waals surface area contributed by atoms with Gasteiger partial charge >= 0.3 is 5.97 Å². The van der Waals surface area contributed by atoms with Crippen LogP contribution in [0.4, 0.5) is 11.4 Å². The van der Waals surface area contributed by atoms with Crippen LogP contribution in [-0.2, 0) is 9.53 Å². The number of aryl methyl sites for hydroxylation is 1. The third kappa shape index (κ3) is 4.36. The maximum absolute atomic E-state index is 13.0. The van der Waals surface area contributed by atoms with Crippen LogP contribution in [0.25, 0.3) is 21.9 Å². The van der Waals surface area contributed by atoms with E-state index in [0.29, 0.717) is 23.1 Å². The van der Waals surface area contributed by atoms with Crippen LogP contribution >= 0.6 is 0 Å². The molecule has 33 heavy (non-hydrogen) atoms. The summed E-state index contributed by atoms with van der Waals surface area (Å²) in [6.45, 7) is 17.5. The summed E-state index contributed by atoms with van der Waals surface area (Å²) in [6.07, 6.45) is 3.46. The number of amides is 1. The van der Waals surface area contributed by atoms with E-state index in [1.165, 1.54) is 6.92 Å². The molecule has 2 N–H and O–H groups in total. The summed E-state index contributed by atoms with van der Waals surface area (Å²) in [5.74, 6) is 1.07. The normalized spacial score (nSPS) is 22.7. The molecular weight excluding hydrogens is 418 g/mol. The first-order valence-electron chi connectivity index (χ1n) is 11.3. The molecule has 8 heteroatoms. The molecule has 2 unspecified atom stereocenters. The quantitative estimate of drug-likeness (QED) is 0.415. The molecule has 1 aliphatic rings. The van der Waals surface area contributed by atoms with Gasteiger partial charge in [0, 0.05) is 24.4 Å². The average molecular weight is 448 g/mol. The highest BCUT2D eigenvalue weighted by molar-refractivity contribution is 6.00. The largest absolute Gasteiger partial charge is 0.459 e. The SMILES string of the molecule is [C-]#[N+]c1c(C(=O)OC2C(C)CC(C)CC2C)cn2[nH]c(-c3ccc(C)c(NC(C)=O)c3)nc12. The van der Waals surface area contributed by atoms with Crippen molar-refractivity contribution in [1.29, 1.82) is 0 Å². The van der Waals surface area contributed by atoms with Gasteiger partial charge in [-0.1, -0.05) is 32.9 Å². The molecule has 1 aliphatic carbocycles. The minimum atomic E-state index is -0.483. The molecule has 0 bridgehead atoms. The Morgan fingerprint density at radius 1 is 1.24 bits per heavy atom. The van der Waals surface area contributed by atoms with Gasteiger partial charge in [-0.25, -0.2) is 14.6 Å². The summed E-state index contributed by atoms with van der Waals surface area (Å²) in [6, 6.07) is 5.61. The van der Waals surface area contributed by atoms with Crippen molar-refractivity contribution < 1.29 is 14.3 Å². The predicted octanol–water partition coefficient (Wildman–Crippen LogP) is 5.37. The number of hydrogen-bond donors (Lipinski definition) is 2. The van der Waals surface area contributed by atoms with Crippen molar-refractivity contribution in [1.82, 2.24) is 14.6 Å². The fourth-order valence-corrected chi connectivity index (χ4v) is 5.02. The summed E-state index contributed by atoms with van der Waals surface area (Å²) >= 11 is 0. The molecule has 172 valence electrons. The Labute approximate surface area is 193 Å². The van der Waals surface area contributed by atoms with Crippen molar-refractivity contribution in [3.8, 4) is 11.4 Å². The number of esters is 1. The van der Waals surface area contributed by atoms with Crippen LogP contribution in [0.5, 0.6) is 0 Å². The fraction of sp³-hybridized carbons (Fsp3) is 0.440. The number of benzene rings is 1. The molecule has 0 spiro atoms. The highest BCUT2D eigenvalue weighted by Crippen LogP contribution is 2.37. The molecule has 1 fully saturated rings. The highest BCUT2D eigenvalue weighted by atomic mass is 16.5. The Morgan fingerprint density at radius 2 is 1.94 bits per heavy atom. The number of ether oxygens (including phenoxy) is 1. The average Bonchev–Trinajstić information content (AvgIpc) is 3.29. The summed E-state index contributed by atoms with van der Waals surface area (Å²) in [5.41, 5.74) is 3.14. The van der Waals surface area contributed by atoms with Crippen LogP contribution in [0, 0.1) is 31.2 Å². The Hall–Kier alpha value is -3.60. The monoisotopic (exact) mass is 447 g/mol. The molecule has 4 rings (SSSR count). The van der Waals surface area contributed by atoms with E-state index in [2.05, 4.69) is 41.0 Å². The van der Waals surface area contributed by atoms with Crippen LogP contribution in [0.2, 0.25) is 0 Å². The predicted molar refractivity (Wildman–Crippen MR) is 126 cm³/mol. The first-order chi connectivity index (χ1) is 15.7. The van der Waals surface area contributed by atoms with Crippen LogP contribution in [-0.4, -0.2) is 32.6 Å². The maximum Gasteiger partial charge on any atom is 0.329 e. The number of H-pyrrole nitrogens is 1. The van der Waals surface area contributed by atoms with E-state index in [1.54, 1.807) is 10.7 Å². The molecule has 1 saturated carbocycles. The molecular formula is C25H29N5O3. The Balaban J connectivity index is 1.63. The van der Waals surface area contributed by atoms with E-state index in [0.717, 1.165) is 24.0 Å². The van der Waals surface area contributed by atoms with E-state index >= 15 is 0 Å². The van der Waals surface area contributed by atoms with Gasteiger partial charge < -0.3 is 10.1 Å². The topological polar surface area (TPSA) is 92.9 Å². The third-order valence-electron chi connectivity index (χ3n) is 6.46. The number of carbonyl (C=O) groups excluding carboxylic acids is 2. The minimum Gasteiger partial charge on any atom is -0.459 e. The van der Waals surface area contributed by atoms with Gasteiger partial charge in [0.1, 0.15) is 6.10 Å². The molecule has 1 aromatic carbocycles. The van der Waals surface area contributed by atoms with Gasteiger partial charge in [0.15, 0.2) is 11.5 Å². The zero-order chi connectivity index (χ0) is 23.9. The number of aromatic amines is 1. The second kappa shape index (κ2) is 8.74. The van der Waals surface area contributed by atoms with Gasteiger partial charge in [0.25, 0.3) is 0 Å². The second-order valence-corrected chi connectivity index (χ2v) is 9.38. The number of nitrogens with zero attached hydrogens (tertiary/aromatic N) is 3. The first kappa shape index (κ1) is 22.6. The van der Waals surface area contributed by atoms with Crippen molar-refractivity contribution >= 4 is 28.9 Å². The van der Waals surface area contributed by atoms with Crippen molar-refractivity contribution in [3.05, 3.63) is 46.9 Å². The Morgan fingerprint density at radius 3 is 2.58 bits per heavy atom. The van der Waals surface area contributed by atoms with E-state index < -0.39 is 5.97 Å². The number of rotatable bonds is 4. The third-order valence-corrected chi connectivity index (χ3v) is 6.46. The number of anilines is 1. The lowest BCUT2D eigenvalue weighted by atomic mass is 9.75. The zero-order valence-electron chi connectivity index (χ0n) is 19.6. The highest BCUT2D eigenvalue weighted by Gasteiger charge is 2.35. The number of hydrogen-bond acceptors (Lipinski definition) is 4. The van der Waals surface area contributed by atoms with Gasteiger partial charge in [-0.05, 0) is 49.1 Å². The van der Waals surface area contributed by atoms with Gasteiger partial charge in [-0.15, -0.1) is 0 Å². The van der Waals surface area contributed by atoms with Gasteiger partial charge in [0.05, 0.1) is 12.1 Å². The number of fused-ring (bicyclic) bond motifs is 1. The molecule has 0 radical (unpaired) electrons. The van der Waals surface area contributed by atoms with E-state index in [-0.39, 0.29) is 35.1 Å². The molecule has 1 amide bonds. The molecule has 3 aromatic rings. The van der Waals surface area contributed by atoms with Crippen LogP contribution in [0.1, 0.15) is 56.5 Å². The van der Waals surface area contributed by atoms with Crippen LogP contribution in [0.15, 0.2) is 24.4 Å². The van der Waals surface area contributed by atoms with Crippen LogP contribution in [0.3, 0.4) is 0 Å². The summed E-state index contributed by atoms with van der Waals surface area (Å²) in [4.78, 5) is 32.6. The lowest BCUT2D eigenvalue weighted by Gasteiger charge is -2.37. The Bertz CT molecular complexity index is 1250. The van der Waals surface area contributed by atoms with Crippen molar-refractivity contribution in [2.75, 3.05) is 5.32 Å². The van der Waals surface area contributed by atoms with Crippen molar-refractivity contribution in [2.45, 2.75) is 53.6 Å². The van der Waals surface area contributed by atoms with E-state index in [9.17, 15) is 9.59 Å². The second-order valence-electron chi connectivity index (χ2n) is 9.38. The number of carbonyl (C=O) groups is 2. The first-order valence-corrected chi connectivity index (χ1v) is 11.3. The molecule has 0 aliphatic heterocycles. The summed E-state index contributed by atoms with van der Waals surface area (Å²) in [5, 5.41) is 5.94. The van der Waals surface area contributed by atoms with Crippen molar-refractivity contribution in [2.24, 2.45) is 17.8 Å². The lowest BCUT2D eigenvalue weighted by molar-refractivity contribution is -0.114. The van der Waals surface area contributed by atoms with Gasteiger partial charge in [0.2, 0.25) is 11.6 Å². The Kier molecular flexibility index (Phi) is 5.98. The molecule has 2 atom stereocenters. The molecule has 2 aromatic heterocycles. The smallest absolute Gasteiger partial charge is 0.329 e. The van der Waals surface area contributed by atoms with Gasteiger partial charge in [-0.3, -0.25) is 14.4 Å².